The van der Waals surface area contributed by atoms with Crippen molar-refractivity contribution in [1.29, 1.82) is 0 Å². The maximum atomic E-state index is 5.77. The fraction of sp³-hybridized carbons (Fsp3) is 0.188. The molecule has 0 aliphatic heterocycles. The maximum absolute atomic E-state index is 5.77. The van der Waals surface area contributed by atoms with E-state index in [-0.39, 0.29) is 0 Å². The number of aromatic nitrogens is 1. The second-order valence-electron chi connectivity index (χ2n) is 4.12. The van der Waals surface area contributed by atoms with Gasteiger partial charge in [-0.25, -0.2) is 0 Å². The molecule has 1 aromatic carbocycles. The second kappa shape index (κ2) is 6.58. The molecule has 3 heteroatoms. The predicted molar refractivity (Wildman–Crippen MR) is 75.7 cm³/mol. The van der Waals surface area contributed by atoms with Crippen LogP contribution >= 0.6 is 0 Å². The van der Waals surface area contributed by atoms with Crippen molar-refractivity contribution in [1.82, 2.24) is 4.98 Å². The molecule has 1 heterocycles. The Kier molecular flexibility index (Phi) is 4.54. The fourth-order valence-corrected chi connectivity index (χ4v) is 1.65. The highest BCUT2D eigenvalue weighted by molar-refractivity contribution is 5.48. The molecule has 0 amide bonds. The van der Waals surface area contributed by atoms with Crippen LogP contribution in [0, 0.1) is 18.8 Å². The third kappa shape index (κ3) is 3.84. The Morgan fingerprint density at radius 3 is 2.89 bits per heavy atom. The summed E-state index contributed by atoms with van der Waals surface area (Å²) in [5.41, 5.74) is 8.30. The Hall–Kier alpha value is -2.31. The van der Waals surface area contributed by atoms with E-state index in [1.807, 2.05) is 43.3 Å². The van der Waals surface area contributed by atoms with E-state index in [1.165, 1.54) is 0 Å². The van der Waals surface area contributed by atoms with Gasteiger partial charge in [0.25, 0.3) is 0 Å². The van der Waals surface area contributed by atoms with Crippen molar-refractivity contribution < 1.29 is 4.74 Å². The van der Waals surface area contributed by atoms with E-state index in [1.54, 1.807) is 6.20 Å². The van der Waals surface area contributed by atoms with E-state index in [4.69, 9.17) is 10.5 Å². The van der Waals surface area contributed by atoms with Gasteiger partial charge in [-0.3, -0.25) is 4.98 Å². The molecular formula is C16H16N2O. The molecule has 0 fully saturated rings. The summed E-state index contributed by atoms with van der Waals surface area (Å²) in [6.45, 7) is 2.80. The van der Waals surface area contributed by atoms with E-state index in [0.29, 0.717) is 13.2 Å². The van der Waals surface area contributed by atoms with Crippen molar-refractivity contribution in [2.75, 3.05) is 6.54 Å². The molecule has 1 aromatic heterocycles. The average Bonchev–Trinajstić information content (AvgIpc) is 2.45. The molecule has 0 atom stereocenters. The van der Waals surface area contributed by atoms with Gasteiger partial charge in [0.15, 0.2) is 0 Å². The van der Waals surface area contributed by atoms with Crippen molar-refractivity contribution in [2.45, 2.75) is 13.5 Å². The van der Waals surface area contributed by atoms with Gasteiger partial charge in [-0.05, 0) is 36.8 Å². The zero-order valence-corrected chi connectivity index (χ0v) is 10.9. The topological polar surface area (TPSA) is 48.1 Å². The monoisotopic (exact) mass is 252 g/mol. The van der Waals surface area contributed by atoms with E-state index in [9.17, 15) is 0 Å². The molecule has 0 radical (unpaired) electrons. The number of rotatable bonds is 3. The Balaban J connectivity index is 2.15. The molecule has 0 saturated heterocycles. The number of benzene rings is 1. The Labute approximate surface area is 113 Å². The lowest BCUT2D eigenvalue weighted by Crippen LogP contribution is -2.00. The van der Waals surface area contributed by atoms with Crippen LogP contribution in [0.15, 0.2) is 42.6 Å². The molecule has 0 bridgehead atoms. The summed E-state index contributed by atoms with van der Waals surface area (Å²) < 4.78 is 5.77. The van der Waals surface area contributed by atoms with Gasteiger partial charge in [-0.2, -0.15) is 0 Å². The summed E-state index contributed by atoms with van der Waals surface area (Å²) >= 11 is 0. The highest BCUT2D eigenvalue weighted by Gasteiger charge is 2.02. The summed E-state index contributed by atoms with van der Waals surface area (Å²) in [4.78, 5) is 4.22. The molecule has 2 aromatic rings. The number of pyridine rings is 1. The molecule has 19 heavy (non-hydrogen) atoms. The Morgan fingerprint density at radius 2 is 2.16 bits per heavy atom. The van der Waals surface area contributed by atoms with Gasteiger partial charge >= 0.3 is 0 Å². The number of ether oxygens (including phenoxy) is 1. The predicted octanol–water partition coefficient (Wildman–Crippen LogP) is 2.28. The Bertz CT molecular complexity index is 597. The number of nitrogens with two attached hydrogens (primary N) is 1. The third-order valence-corrected chi connectivity index (χ3v) is 2.56. The minimum Gasteiger partial charge on any atom is -0.486 e. The van der Waals surface area contributed by atoms with Crippen molar-refractivity contribution >= 4 is 0 Å². The lowest BCUT2D eigenvalue weighted by Gasteiger charge is -2.08. The molecular weight excluding hydrogens is 236 g/mol. The van der Waals surface area contributed by atoms with Crippen LogP contribution in [0.25, 0.3) is 0 Å². The molecule has 0 unspecified atom stereocenters. The Morgan fingerprint density at radius 1 is 1.26 bits per heavy atom. The van der Waals surface area contributed by atoms with E-state index in [2.05, 4.69) is 16.8 Å². The minimum atomic E-state index is 0.341. The fourth-order valence-electron chi connectivity index (χ4n) is 1.65. The molecule has 3 nitrogen and oxygen atoms in total. The van der Waals surface area contributed by atoms with Crippen LogP contribution in [0.1, 0.15) is 16.8 Å². The van der Waals surface area contributed by atoms with Crippen molar-refractivity contribution in [3.63, 3.8) is 0 Å². The first kappa shape index (κ1) is 13.1. The summed E-state index contributed by atoms with van der Waals surface area (Å²) in [6, 6.07) is 11.7. The number of hydrogen-bond donors (Lipinski definition) is 1. The van der Waals surface area contributed by atoms with Gasteiger partial charge in [0.05, 0.1) is 17.8 Å². The number of nitrogens with zero attached hydrogens (tertiary/aromatic N) is 1. The molecule has 0 spiro atoms. The van der Waals surface area contributed by atoms with E-state index >= 15 is 0 Å². The highest BCUT2D eigenvalue weighted by Crippen LogP contribution is 2.20. The average molecular weight is 252 g/mol. The smallest absolute Gasteiger partial charge is 0.135 e. The quantitative estimate of drug-likeness (QED) is 0.852. The van der Waals surface area contributed by atoms with Gasteiger partial charge < -0.3 is 10.5 Å². The standard InChI is InChI=1S/C16H16N2O/c1-13-7-8-16(14(11-13)5-4-9-17)19-12-15-6-2-3-10-18-15/h2-3,6-8,10-11H,9,12,17H2,1H3. The van der Waals surface area contributed by atoms with Crippen LogP contribution in [0.2, 0.25) is 0 Å². The van der Waals surface area contributed by atoms with Crippen LogP contribution in [-0.2, 0) is 6.61 Å². The molecule has 2 N–H and O–H groups in total. The zero-order chi connectivity index (χ0) is 13.5. The minimum absolute atomic E-state index is 0.341. The summed E-state index contributed by atoms with van der Waals surface area (Å²) in [6.07, 6.45) is 1.75. The number of aryl methyl sites for hydroxylation is 1. The molecule has 96 valence electrons. The van der Waals surface area contributed by atoms with E-state index < -0.39 is 0 Å². The van der Waals surface area contributed by atoms with Gasteiger partial charge in [0.2, 0.25) is 0 Å². The normalized spacial score (nSPS) is 9.58. The van der Waals surface area contributed by atoms with Crippen LogP contribution < -0.4 is 10.5 Å². The summed E-state index contributed by atoms with van der Waals surface area (Å²) in [5.74, 6) is 6.64. The van der Waals surface area contributed by atoms with Gasteiger partial charge in [0, 0.05) is 6.20 Å². The van der Waals surface area contributed by atoms with Crippen LogP contribution in [-0.4, -0.2) is 11.5 Å². The van der Waals surface area contributed by atoms with Crippen molar-refractivity contribution in [3.8, 4) is 17.6 Å². The SMILES string of the molecule is Cc1ccc(OCc2ccccn2)c(C#CCN)c1. The second-order valence-corrected chi connectivity index (χ2v) is 4.12. The van der Waals surface area contributed by atoms with E-state index in [0.717, 1.165) is 22.6 Å². The van der Waals surface area contributed by atoms with Gasteiger partial charge in [-0.1, -0.05) is 24.0 Å². The molecule has 0 aliphatic rings. The van der Waals surface area contributed by atoms with Crippen LogP contribution in [0.5, 0.6) is 5.75 Å². The van der Waals surface area contributed by atoms with Crippen LogP contribution in [0.4, 0.5) is 0 Å². The first-order valence-electron chi connectivity index (χ1n) is 6.12. The lowest BCUT2D eigenvalue weighted by atomic mass is 10.1. The van der Waals surface area contributed by atoms with Gasteiger partial charge in [-0.15, -0.1) is 0 Å². The highest BCUT2D eigenvalue weighted by atomic mass is 16.5. The first-order chi connectivity index (χ1) is 9.29. The molecule has 2 rings (SSSR count). The molecule has 0 saturated carbocycles. The molecule has 0 aliphatic carbocycles. The first-order valence-corrected chi connectivity index (χ1v) is 6.12. The largest absolute Gasteiger partial charge is 0.486 e. The van der Waals surface area contributed by atoms with Crippen LogP contribution in [0.3, 0.4) is 0 Å². The maximum Gasteiger partial charge on any atom is 0.135 e. The lowest BCUT2D eigenvalue weighted by molar-refractivity contribution is 0.300. The van der Waals surface area contributed by atoms with Gasteiger partial charge in [0.1, 0.15) is 12.4 Å². The van der Waals surface area contributed by atoms with Crippen molar-refractivity contribution in [2.24, 2.45) is 5.73 Å². The number of hydrogen-bond acceptors (Lipinski definition) is 3. The van der Waals surface area contributed by atoms with Crippen molar-refractivity contribution in [3.05, 3.63) is 59.4 Å². The zero-order valence-electron chi connectivity index (χ0n) is 10.9. The summed E-state index contributed by atoms with van der Waals surface area (Å²) in [5, 5.41) is 0. The third-order valence-electron chi connectivity index (χ3n) is 2.56. The summed E-state index contributed by atoms with van der Waals surface area (Å²) in [7, 11) is 0.